The maximum atomic E-state index is 12.7. The number of hydrogen-bond acceptors (Lipinski definition) is 5. The number of para-hydroxylation sites is 1. The van der Waals surface area contributed by atoms with Crippen molar-refractivity contribution in [2.24, 2.45) is 0 Å². The maximum absolute atomic E-state index is 12.7. The van der Waals surface area contributed by atoms with Crippen LogP contribution in [0.3, 0.4) is 0 Å². The number of ether oxygens (including phenoxy) is 3. The molecule has 30 heavy (non-hydrogen) atoms. The smallest absolute Gasteiger partial charge is 0.246 e. The van der Waals surface area contributed by atoms with Crippen molar-refractivity contribution in [2.75, 3.05) is 52.0 Å². The highest BCUT2D eigenvalue weighted by Gasteiger charge is 2.16. The van der Waals surface area contributed by atoms with Gasteiger partial charge < -0.3 is 24.0 Å². The Morgan fingerprint density at radius 1 is 1.17 bits per heavy atom. The van der Waals surface area contributed by atoms with E-state index in [4.69, 9.17) is 14.2 Å². The molecular weight excluding hydrogens is 380 g/mol. The van der Waals surface area contributed by atoms with Crippen molar-refractivity contribution in [1.29, 1.82) is 0 Å². The third kappa shape index (κ3) is 5.54. The zero-order chi connectivity index (χ0) is 21.3. The highest BCUT2D eigenvalue weighted by molar-refractivity contribution is 5.91. The van der Waals surface area contributed by atoms with Crippen molar-refractivity contribution in [2.45, 2.75) is 13.5 Å². The minimum absolute atomic E-state index is 0.0550. The summed E-state index contributed by atoms with van der Waals surface area (Å²) in [5, 5.41) is 0. The van der Waals surface area contributed by atoms with Crippen LogP contribution in [0, 0.1) is 0 Å². The van der Waals surface area contributed by atoms with Crippen LogP contribution >= 0.6 is 0 Å². The van der Waals surface area contributed by atoms with Crippen LogP contribution in [-0.4, -0.2) is 57.9 Å². The van der Waals surface area contributed by atoms with Crippen molar-refractivity contribution >= 4 is 17.7 Å². The molecule has 1 aliphatic rings. The van der Waals surface area contributed by atoms with Gasteiger partial charge in [0, 0.05) is 38.4 Å². The number of carbonyl (C=O) groups excluding carboxylic acids is 1. The summed E-state index contributed by atoms with van der Waals surface area (Å²) in [4.78, 5) is 16.7. The summed E-state index contributed by atoms with van der Waals surface area (Å²) in [6.07, 6.45) is 3.39. The minimum atomic E-state index is -0.0550. The van der Waals surface area contributed by atoms with E-state index >= 15 is 0 Å². The van der Waals surface area contributed by atoms with Crippen molar-refractivity contribution in [3.63, 3.8) is 0 Å². The van der Waals surface area contributed by atoms with E-state index in [-0.39, 0.29) is 5.91 Å². The average molecular weight is 411 g/mol. The van der Waals surface area contributed by atoms with Crippen LogP contribution in [0.5, 0.6) is 11.5 Å². The lowest BCUT2D eigenvalue weighted by atomic mass is 10.1. The number of hydrogen-bond donors (Lipinski definition) is 0. The normalized spacial score (nSPS) is 14.0. The number of likely N-dealkylation sites (N-methyl/N-ethyl adjacent to an activating group) is 1. The first-order valence-corrected chi connectivity index (χ1v) is 10.3. The summed E-state index contributed by atoms with van der Waals surface area (Å²) >= 11 is 0. The first kappa shape index (κ1) is 21.7. The Morgan fingerprint density at radius 2 is 1.93 bits per heavy atom. The Kier molecular flexibility index (Phi) is 7.74. The molecule has 2 aromatic carbocycles. The molecule has 0 saturated carbocycles. The van der Waals surface area contributed by atoms with Crippen LogP contribution in [0.1, 0.15) is 18.1 Å². The van der Waals surface area contributed by atoms with Crippen LogP contribution in [0.25, 0.3) is 6.08 Å². The number of rotatable bonds is 8. The fraction of sp³-hybridized carbons (Fsp3) is 0.375. The van der Waals surface area contributed by atoms with Crippen molar-refractivity contribution < 1.29 is 19.0 Å². The molecule has 1 heterocycles. The lowest BCUT2D eigenvalue weighted by molar-refractivity contribution is -0.125. The van der Waals surface area contributed by atoms with Gasteiger partial charge in [0.1, 0.15) is 0 Å². The molecule has 3 rings (SSSR count). The van der Waals surface area contributed by atoms with E-state index in [9.17, 15) is 4.79 Å². The van der Waals surface area contributed by atoms with Gasteiger partial charge in [0.05, 0.1) is 26.9 Å². The Bertz CT molecular complexity index is 875. The standard InChI is InChI=1S/C24H30N2O4/c1-4-30-23-17-19(9-11-22(23)28-3)10-12-24(27)25(2)18-20-7-5-6-8-21(20)26-13-15-29-16-14-26/h5-12,17H,4,13-16,18H2,1-3H3. The van der Waals surface area contributed by atoms with Gasteiger partial charge in [0.15, 0.2) is 11.5 Å². The summed E-state index contributed by atoms with van der Waals surface area (Å²) < 4.78 is 16.4. The van der Waals surface area contributed by atoms with Gasteiger partial charge in [-0.2, -0.15) is 0 Å². The van der Waals surface area contributed by atoms with Gasteiger partial charge in [-0.1, -0.05) is 24.3 Å². The third-order valence-corrected chi connectivity index (χ3v) is 5.03. The van der Waals surface area contributed by atoms with E-state index in [1.54, 1.807) is 24.2 Å². The average Bonchev–Trinajstić information content (AvgIpc) is 2.78. The summed E-state index contributed by atoms with van der Waals surface area (Å²) in [5.41, 5.74) is 3.18. The summed E-state index contributed by atoms with van der Waals surface area (Å²) in [6.45, 7) is 6.23. The molecule has 160 valence electrons. The van der Waals surface area contributed by atoms with Gasteiger partial charge in [-0.3, -0.25) is 4.79 Å². The highest BCUT2D eigenvalue weighted by Crippen LogP contribution is 2.28. The van der Waals surface area contributed by atoms with E-state index in [1.165, 1.54) is 5.69 Å². The van der Waals surface area contributed by atoms with E-state index in [0.717, 1.165) is 37.4 Å². The fourth-order valence-electron chi connectivity index (χ4n) is 3.45. The molecule has 0 unspecified atom stereocenters. The summed E-state index contributed by atoms with van der Waals surface area (Å²) in [6, 6.07) is 13.9. The molecule has 1 amide bonds. The van der Waals surface area contributed by atoms with E-state index in [2.05, 4.69) is 17.0 Å². The van der Waals surface area contributed by atoms with Crippen molar-refractivity contribution in [3.05, 3.63) is 59.7 Å². The van der Waals surface area contributed by atoms with E-state index in [1.807, 2.05) is 44.3 Å². The van der Waals surface area contributed by atoms with Crippen LogP contribution in [0.4, 0.5) is 5.69 Å². The molecule has 0 N–H and O–H groups in total. The van der Waals surface area contributed by atoms with E-state index < -0.39 is 0 Å². The molecule has 0 atom stereocenters. The van der Waals surface area contributed by atoms with Crippen molar-refractivity contribution in [3.8, 4) is 11.5 Å². The van der Waals surface area contributed by atoms with Gasteiger partial charge in [0.2, 0.25) is 5.91 Å². The highest BCUT2D eigenvalue weighted by atomic mass is 16.5. The Morgan fingerprint density at radius 3 is 2.67 bits per heavy atom. The molecule has 1 aliphatic heterocycles. The second-order valence-corrected chi connectivity index (χ2v) is 7.10. The molecule has 6 heteroatoms. The molecule has 6 nitrogen and oxygen atoms in total. The number of methoxy groups -OCH3 is 1. The monoisotopic (exact) mass is 410 g/mol. The fourth-order valence-corrected chi connectivity index (χ4v) is 3.45. The van der Waals surface area contributed by atoms with Crippen molar-refractivity contribution in [1.82, 2.24) is 4.90 Å². The number of benzene rings is 2. The first-order valence-electron chi connectivity index (χ1n) is 10.3. The van der Waals surface area contributed by atoms with Gasteiger partial charge >= 0.3 is 0 Å². The number of carbonyl (C=O) groups is 1. The minimum Gasteiger partial charge on any atom is -0.493 e. The van der Waals surface area contributed by atoms with E-state index in [0.29, 0.717) is 24.7 Å². The third-order valence-electron chi connectivity index (χ3n) is 5.03. The lowest BCUT2D eigenvalue weighted by Gasteiger charge is -2.31. The Hall–Kier alpha value is -2.99. The second-order valence-electron chi connectivity index (χ2n) is 7.10. The van der Waals surface area contributed by atoms with Crippen LogP contribution in [-0.2, 0) is 16.1 Å². The maximum Gasteiger partial charge on any atom is 0.246 e. The quantitative estimate of drug-likeness (QED) is 0.623. The van der Waals surface area contributed by atoms with Gasteiger partial charge in [-0.15, -0.1) is 0 Å². The van der Waals surface area contributed by atoms with Crippen LogP contribution in [0.15, 0.2) is 48.5 Å². The molecule has 0 bridgehead atoms. The zero-order valence-electron chi connectivity index (χ0n) is 18.0. The van der Waals surface area contributed by atoms with Crippen LogP contribution in [0.2, 0.25) is 0 Å². The Balaban J connectivity index is 1.67. The number of amides is 1. The number of anilines is 1. The molecule has 0 aromatic heterocycles. The molecule has 1 fully saturated rings. The molecule has 0 radical (unpaired) electrons. The predicted octanol–water partition coefficient (Wildman–Crippen LogP) is 3.60. The topological polar surface area (TPSA) is 51.2 Å². The molecule has 0 spiro atoms. The van der Waals surface area contributed by atoms with Crippen LogP contribution < -0.4 is 14.4 Å². The summed E-state index contributed by atoms with van der Waals surface area (Å²) in [7, 11) is 3.43. The Labute approximate surface area is 178 Å². The molecule has 1 saturated heterocycles. The van der Waals surface area contributed by atoms with Gasteiger partial charge in [0.25, 0.3) is 0 Å². The van der Waals surface area contributed by atoms with Gasteiger partial charge in [-0.25, -0.2) is 0 Å². The molecular formula is C24H30N2O4. The first-order chi connectivity index (χ1) is 14.6. The zero-order valence-corrected chi connectivity index (χ0v) is 18.0. The second kappa shape index (κ2) is 10.7. The molecule has 2 aromatic rings. The number of nitrogens with zero attached hydrogens (tertiary/aromatic N) is 2. The number of morpholine rings is 1. The summed E-state index contributed by atoms with van der Waals surface area (Å²) in [5.74, 6) is 1.29. The van der Waals surface area contributed by atoms with Gasteiger partial charge in [-0.05, 0) is 42.3 Å². The SMILES string of the molecule is CCOc1cc(C=CC(=O)N(C)Cc2ccccc2N2CCOCC2)ccc1OC. The molecule has 0 aliphatic carbocycles. The lowest BCUT2D eigenvalue weighted by Crippen LogP contribution is -2.37. The largest absolute Gasteiger partial charge is 0.493 e. The predicted molar refractivity (Wildman–Crippen MR) is 119 cm³/mol.